The number of hydrogen-bond acceptors (Lipinski definition) is 7. The van der Waals surface area contributed by atoms with E-state index >= 15 is 0 Å². The molecule has 1 amide bonds. The third-order valence-electron chi connectivity index (χ3n) is 9.62. The van der Waals surface area contributed by atoms with Crippen LogP contribution in [0.15, 0.2) is 54.2 Å². The zero-order valence-corrected chi connectivity index (χ0v) is 28.2. The molecule has 0 aliphatic carbocycles. The average Bonchev–Trinajstić information content (AvgIpc) is 3.56. The molecule has 4 heterocycles. The van der Waals surface area contributed by atoms with Crippen molar-refractivity contribution >= 4 is 23.2 Å². The van der Waals surface area contributed by atoms with Gasteiger partial charge in [0.25, 0.3) is 5.91 Å². The number of thiophene rings is 1. The number of carbonyl (C=O) groups is 2. The number of hydrogen-bond donors (Lipinski definition) is 2. The highest BCUT2D eigenvalue weighted by Crippen LogP contribution is 2.45. The van der Waals surface area contributed by atoms with Gasteiger partial charge in [-0.25, -0.2) is 0 Å². The van der Waals surface area contributed by atoms with Crippen molar-refractivity contribution < 1.29 is 50.9 Å². The van der Waals surface area contributed by atoms with Crippen LogP contribution in [0.1, 0.15) is 91.1 Å². The summed E-state index contributed by atoms with van der Waals surface area (Å²) in [5.74, 6) is -1.58. The lowest BCUT2D eigenvalue weighted by molar-refractivity contribution is -0.174. The van der Waals surface area contributed by atoms with Gasteiger partial charge in [0.05, 0.1) is 11.6 Å². The maximum absolute atomic E-state index is 14.8. The van der Waals surface area contributed by atoms with Crippen LogP contribution in [0.4, 0.5) is 26.3 Å². The number of alkyl halides is 6. The number of aliphatic hydroxyl groups excluding tert-OH is 1. The summed E-state index contributed by atoms with van der Waals surface area (Å²) in [5.41, 5.74) is -1.51. The number of aliphatic carboxylic acids is 1. The highest BCUT2D eigenvalue weighted by molar-refractivity contribution is 7.10. The van der Waals surface area contributed by atoms with E-state index in [1.165, 1.54) is 10.3 Å². The van der Waals surface area contributed by atoms with Crippen molar-refractivity contribution in [2.75, 3.05) is 19.6 Å². The fourth-order valence-corrected chi connectivity index (χ4v) is 8.01. The fourth-order valence-electron chi connectivity index (χ4n) is 7.34. The summed E-state index contributed by atoms with van der Waals surface area (Å²) in [6.07, 6.45) is -7.14. The van der Waals surface area contributed by atoms with Gasteiger partial charge in [-0.15, -0.1) is 11.3 Å². The van der Waals surface area contributed by atoms with Gasteiger partial charge < -0.3 is 19.8 Å². The van der Waals surface area contributed by atoms with E-state index in [0.717, 1.165) is 35.7 Å². The molecular formula is C35H39F6N3O5S. The van der Waals surface area contributed by atoms with Crippen molar-refractivity contribution in [1.29, 1.82) is 0 Å². The second kappa shape index (κ2) is 15.3. The Morgan fingerprint density at radius 3 is 2.44 bits per heavy atom. The molecule has 15 heteroatoms. The molecule has 0 bridgehead atoms. The SMILES string of the molecule is CCCC1N(C(O)c2cnccc2C(F)(F)F)CCCC1(Oc1csc(C(F)(F)F)c1)C(=O)N1CCC(c2ccccc2CCC(=O)O)CC1. The fraction of sp³-hybridized carbons (Fsp3) is 0.514. The van der Waals surface area contributed by atoms with Gasteiger partial charge in [-0.2, -0.15) is 26.3 Å². The predicted molar refractivity (Wildman–Crippen MR) is 172 cm³/mol. The topological polar surface area (TPSA) is 103 Å². The molecule has 0 spiro atoms. The van der Waals surface area contributed by atoms with E-state index in [0.29, 0.717) is 37.0 Å². The summed E-state index contributed by atoms with van der Waals surface area (Å²) >= 11 is 0.411. The van der Waals surface area contributed by atoms with Crippen LogP contribution in [0, 0.1) is 0 Å². The molecule has 2 fully saturated rings. The summed E-state index contributed by atoms with van der Waals surface area (Å²) < 4.78 is 89.3. The van der Waals surface area contributed by atoms with Crippen molar-refractivity contribution in [3.63, 3.8) is 0 Å². The predicted octanol–water partition coefficient (Wildman–Crippen LogP) is 7.68. The molecule has 5 rings (SSSR count). The number of aromatic nitrogens is 1. The molecule has 2 aromatic heterocycles. The van der Waals surface area contributed by atoms with Crippen molar-refractivity contribution in [1.82, 2.24) is 14.8 Å². The van der Waals surface area contributed by atoms with Crippen LogP contribution >= 0.6 is 11.3 Å². The lowest BCUT2D eigenvalue weighted by Gasteiger charge is -2.51. The number of pyridine rings is 1. The van der Waals surface area contributed by atoms with Crippen LogP contribution in [0.2, 0.25) is 0 Å². The molecule has 3 aromatic rings. The molecule has 50 heavy (non-hydrogen) atoms. The molecule has 2 aliphatic rings. The first-order chi connectivity index (χ1) is 23.7. The quantitative estimate of drug-likeness (QED) is 0.196. The largest absolute Gasteiger partial charge is 0.481 e. The molecule has 0 radical (unpaired) electrons. The van der Waals surface area contributed by atoms with Gasteiger partial charge in [-0.1, -0.05) is 37.6 Å². The van der Waals surface area contributed by atoms with Crippen LogP contribution in [0.3, 0.4) is 0 Å². The third kappa shape index (κ3) is 8.10. The number of carboxylic acid groups (broad SMARTS) is 1. The zero-order chi connectivity index (χ0) is 36.3. The first-order valence-corrected chi connectivity index (χ1v) is 17.4. The van der Waals surface area contributed by atoms with Crippen LogP contribution in [-0.2, 0) is 28.4 Å². The highest BCUT2D eigenvalue weighted by atomic mass is 32.1. The monoisotopic (exact) mass is 727 g/mol. The molecule has 8 nitrogen and oxygen atoms in total. The Hall–Kier alpha value is -3.69. The number of rotatable bonds is 11. The summed E-state index contributed by atoms with van der Waals surface area (Å²) in [6, 6.07) is 8.13. The van der Waals surface area contributed by atoms with Crippen LogP contribution < -0.4 is 4.74 Å². The molecule has 2 saturated heterocycles. The van der Waals surface area contributed by atoms with Gasteiger partial charge >= 0.3 is 18.3 Å². The Labute approximate surface area is 289 Å². The second-order valence-electron chi connectivity index (χ2n) is 12.8. The Morgan fingerprint density at radius 1 is 1.08 bits per heavy atom. The Kier molecular flexibility index (Phi) is 11.5. The molecule has 2 N–H and O–H groups in total. The normalized spacial score (nSPS) is 21.6. The second-order valence-corrected chi connectivity index (χ2v) is 13.7. The van der Waals surface area contributed by atoms with Gasteiger partial charge in [-0.3, -0.25) is 19.5 Å². The maximum Gasteiger partial charge on any atom is 0.425 e. The Balaban J connectivity index is 1.49. The number of likely N-dealkylation sites (tertiary alicyclic amines) is 2. The number of piperidine rings is 2. The van der Waals surface area contributed by atoms with E-state index in [4.69, 9.17) is 4.74 Å². The molecule has 3 atom stereocenters. The van der Waals surface area contributed by atoms with Crippen LogP contribution in [0.25, 0.3) is 0 Å². The van der Waals surface area contributed by atoms with Crippen molar-refractivity contribution in [2.24, 2.45) is 0 Å². The number of aliphatic hydroxyl groups is 1. The number of ether oxygens (including phenoxy) is 1. The summed E-state index contributed by atoms with van der Waals surface area (Å²) in [4.78, 5) is 31.9. The minimum atomic E-state index is -4.81. The van der Waals surface area contributed by atoms with E-state index in [1.54, 1.807) is 11.8 Å². The zero-order valence-electron chi connectivity index (χ0n) is 27.3. The van der Waals surface area contributed by atoms with Gasteiger partial charge in [-0.05, 0) is 61.6 Å². The summed E-state index contributed by atoms with van der Waals surface area (Å²) in [7, 11) is 0. The van der Waals surface area contributed by atoms with E-state index in [-0.39, 0.29) is 57.0 Å². The number of benzene rings is 1. The van der Waals surface area contributed by atoms with Gasteiger partial charge in [0, 0.05) is 55.5 Å². The molecule has 3 unspecified atom stereocenters. The molecule has 1 aromatic carbocycles. The van der Waals surface area contributed by atoms with E-state index in [1.807, 2.05) is 24.3 Å². The number of nitrogens with zero attached hydrogens (tertiary/aromatic N) is 3. The number of carboxylic acids is 1. The van der Waals surface area contributed by atoms with E-state index in [9.17, 15) is 46.1 Å². The maximum atomic E-state index is 14.8. The first kappa shape index (κ1) is 37.6. The Morgan fingerprint density at radius 2 is 1.80 bits per heavy atom. The minimum Gasteiger partial charge on any atom is -0.481 e. The first-order valence-electron chi connectivity index (χ1n) is 16.5. The van der Waals surface area contributed by atoms with E-state index < -0.39 is 58.1 Å². The molecular weight excluding hydrogens is 688 g/mol. The number of halogens is 6. The van der Waals surface area contributed by atoms with Crippen LogP contribution in [0.5, 0.6) is 5.75 Å². The van der Waals surface area contributed by atoms with Gasteiger partial charge in [0.15, 0.2) is 0 Å². The van der Waals surface area contributed by atoms with Gasteiger partial charge in [0.2, 0.25) is 5.60 Å². The number of amides is 1. The summed E-state index contributed by atoms with van der Waals surface area (Å²) in [5, 5.41) is 22.0. The van der Waals surface area contributed by atoms with Crippen molar-refractivity contribution in [3.05, 3.63) is 81.3 Å². The van der Waals surface area contributed by atoms with Crippen molar-refractivity contribution in [2.45, 2.75) is 94.4 Å². The molecule has 2 aliphatic heterocycles. The highest BCUT2D eigenvalue weighted by Gasteiger charge is 2.56. The van der Waals surface area contributed by atoms with Crippen molar-refractivity contribution in [3.8, 4) is 5.75 Å². The third-order valence-corrected chi connectivity index (χ3v) is 10.6. The smallest absolute Gasteiger partial charge is 0.425 e. The molecule has 0 saturated carbocycles. The van der Waals surface area contributed by atoms with Gasteiger partial charge in [0.1, 0.15) is 16.9 Å². The summed E-state index contributed by atoms with van der Waals surface area (Å²) in [6.45, 7) is 2.44. The standard InChI is InChI=1S/C35H39F6N3O5S/c1-2-6-28-33(49-24-19-29(50-21-24)35(39,40)41,14-5-16-44(28)31(47)26-20-42-15-11-27(26)34(36,37)38)32(48)43-17-12-23(13-18-43)25-8-4-3-7-22(25)9-10-30(45)46/h3-4,7-8,11,15,19-21,23,28,31,47H,2,5-6,9-10,12-14,16-18H2,1H3,(H,45,46). The molecule has 272 valence electrons. The minimum absolute atomic E-state index is 0.0228. The Bertz CT molecular complexity index is 1640. The average molecular weight is 728 g/mol. The number of aryl methyl sites for hydroxylation is 1. The van der Waals surface area contributed by atoms with E-state index in [2.05, 4.69) is 4.98 Å². The lowest BCUT2D eigenvalue weighted by Crippen LogP contribution is -2.68. The number of carbonyl (C=O) groups excluding carboxylic acids is 1. The lowest BCUT2D eigenvalue weighted by atomic mass is 9.78. The van der Waals surface area contributed by atoms with Crippen LogP contribution in [-0.4, -0.2) is 68.2 Å².